The summed E-state index contributed by atoms with van der Waals surface area (Å²) in [5.74, 6) is 0.691. The average molecular weight is 314 g/mol. The first-order chi connectivity index (χ1) is 9.13. The highest BCUT2D eigenvalue weighted by Gasteiger charge is 2.09. The maximum absolute atomic E-state index is 5.99. The fraction of sp³-hybridized carbons (Fsp3) is 0.0833. The third-order valence-electron chi connectivity index (χ3n) is 2.64. The monoisotopic (exact) mass is 312 g/mol. The van der Waals surface area contributed by atoms with Crippen molar-refractivity contribution in [2.75, 3.05) is 0 Å². The maximum atomic E-state index is 5.99. The van der Waals surface area contributed by atoms with Crippen molar-refractivity contribution in [2.45, 2.75) is 6.42 Å². The molecule has 19 heavy (non-hydrogen) atoms. The molecule has 2 heterocycles. The summed E-state index contributed by atoms with van der Waals surface area (Å²) in [5, 5.41) is 13.7. The maximum Gasteiger partial charge on any atom is 0.178 e. The van der Waals surface area contributed by atoms with Gasteiger partial charge in [-0.05, 0) is 29.8 Å². The van der Waals surface area contributed by atoms with E-state index in [0.29, 0.717) is 33.1 Å². The topological polar surface area (TPSA) is 43.1 Å². The molecule has 0 amide bonds. The van der Waals surface area contributed by atoms with Crippen molar-refractivity contribution in [3.05, 3.63) is 56.9 Å². The minimum absolute atomic E-state index is 0.391. The Bertz CT molecular complexity index is 754. The van der Waals surface area contributed by atoms with E-state index < -0.39 is 0 Å². The predicted octanol–water partition coefficient (Wildman–Crippen LogP) is 3.68. The van der Waals surface area contributed by atoms with E-state index in [0.717, 1.165) is 5.56 Å². The summed E-state index contributed by atoms with van der Waals surface area (Å²) in [5.41, 5.74) is 1.63. The zero-order chi connectivity index (χ0) is 13.4. The van der Waals surface area contributed by atoms with E-state index in [4.69, 9.17) is 34.8 Å². The number of fused-ring (bicyclic) bond motifs is 1. The van der Waals surface area contributed by atoms with Crippen molar-refractivity contribution in [3.8, 4) is 0 Å². The Morgan fingerprint density at radius 1 is 0.947 bits per heavy atom. The van der Waals surface area contributed by atoms with E-state index in [1.807, 2.05) is 6.07 Å². The van der Waals surface area contributed by atoms with Gasteiger partial charge in [0.2, 0.25) is 0 Å². The zero-order valence-corrected chi connectivity index (χ0v) is 11.8. The highest BCUT2D eigenvalue weighted by molar-refractivity contribution is 6.42. The molecule has 3 aromatic rings. The Kier molecular flexibility index (Phi) is 3.31. The second kappa shape index (κ2) is 4.96. The van der Waals surface area contributed by atoms with E-state index in [-0.39, 0.29) is 0 Å². The highest BCUT2D eigenvalue weighted by Crippen LogP contribution is 2.23. The lowest BCUT2D eigenvalue weighted by Crippen LogP contribution is -2.00. The van der Waals surface area contributed by atoms with E-state index in [9.17, 15) is 0 Å². The van der Waals surface area contributed by atoms with Gasteiger partial charge in [-0.1, -0.05) is 40.9 Å². The molecule has 0 atom stereocenters. The molecule has 0 aliphatic rings. The van der Waals surface area contributed by atoms with E-state index >= 15 is 0 Å². The van der Waals surface area contributed by atoms with Gasteiger partial charge in [0, 0.05) is 6.42 Å². The number of aromatic nitrogens is 4. The largest absolute Gasteiger partial charge is 0.196 e. The van der Waals surface area contributed by atoms with Gasteiger partial charge in [-0.3, -0.25) is 0 Å². The molecule has 0 saturated carbocycles. The van der Waals surface area contributed by atoms with Crippen LogP contribution in [0.15, 0.2) is 30.3 Å². The molecule has 7 heteroatoms. The number of hydrogen-bond acceptors (Lipinski definition) is 3. The molecule has 2 aromatic heterocycles. The normalized spacial score (nSPS) is 11.1. The average Bonchev–Trinajstić information content (AvgIpc) is 2.77. The Morgan fingerprint density at radius 2 is 1.79 bits per heavy atom. The number of nitrogens with zero attached hydrogens (tertiary/aromatic N) is 4. The van der Waals surface area contributed by atoms with Gasteiger partial charge >= 0.3 is 0 Å². The Balaban J connectivity index is 2.00. The summed E-state index contributed by atoms with van der Waals surface area (Å²) >= 11 is 17.7. The Morgan fingerprint density at radius 3 is 2.58 bits per heavy atom. The van der Waals surface area contributed by atoms with E-state index in [1.165, 1.54) is 0 Å². The van der Waals surface area contributed by atoms with Crippen LogP contribution in [0.3, 0.4) is 0 Å². The standard InChI is InChI=1S/C12H7Cl3N4/c13-8-2-1-7(5-9(8)14)6-12-17-16-11-4-3-10(15)18-19(11)12/h1-5H,6H2. The molecular formula is C12H7Cl3N4. The van der Waals surface area contributed by atoms with Gasteiger partial charge in [-0.2, -0.15) is 9.61 Å². The van der Waals surface area contributed by atoms with Crippen LogP contribution < -0.4 is 0 Å². The summed E-state index contributed by atoms with van der Waals surface area (Å²) in [7, 11) is 0. The van der Waals surface area contributed by atoms with Crippen LogP contribution in [0.25, 0.3) is 5.65 Å². The molecule has 0 saturated heterocycles. The first-order valence-electron chi connectivity index (χ1n) is 5.44. The minimum atomic E-state index is 0.391. The van der Waals surface area contributed by atoms with Crippen LogP contribution in [0.2, 0.25) is 15.2 Å². The van der Waals surface area contributed by atoms with Crippen LogP contribution in [0.5, 0.6) is 0 Å². The lowest BCUT2D eigenvalue weighted by molar-refractivity contribution is 0.838. The first-order valence-corrected chi connectivity index (χ1v) is 6.57. The van der Waals surface area contributed by atoms with Crippen molar-refractivity contribution in [1.82, 2.24) is 19.8 Å². The van der Waals surface area contributed by atoms with Gasteiger partial charge < -0.3 is 0 Å². The fourth-order valence-electron chi connectivity index (χ4n) is 1.75. The van der Waals surface area contributed by atoms with Crippen molar-refractivity contribution in [2.24, 2.45) is 0 Å². The van der Waals surface area contributed by atoms with Gasteiger partial charge in [0.1, 0.15) is 5.15 Å². The van der Waals surface area contributed by atoms with Gasteiger partial charge in [0.15, 0.2) is 11.5 Å². The van der Waals surface area contributed by atoms with Gasteiger partial charge in [-0.25, -0.2) is 0 Å². The van der Waals surface area contributed by atoms with E-state index in [2.05, 4.69) is 15.3 Å². The lowest BCUT2D eigenvalue weighted by atomic mass is 10.1. The first kappa shape index (κ1) is 12.7. The predicted molar refractivity (Wildman–Crippen MR) is 75.1 cm³/mol. The molecule has 96 valence electrons. The Hall–Kier alpha value is -1.36. The number of hydrogen-bond donors (Lipinski definition) is 0. The SMILES string of the molecule is Clc1ccc2nnc(Cc3ccc(Cl)c(Cl)c3)n2n1. The second-order valence-electron chi connectivity index (χ2n) is 3.97. The van der Waals surface area contributed by atoms with Crippen molar-refractivity contribution < 1.29 is 0 Å². The molecule has 0 spiro atoms. The van der Waals surface area contributed by atoms with Crippen molar-refractivity contribution in [3.63, 3.8) is 0 Å². The molecule has 0 radical (unpaired) electrons. The van der Waals surface area contributed by atoms with Crippen molar-refractivity contribution in [1.29, 1.82) is 0 Å². The smallest absolute Gasteiger partial charge is 0.178 e. The summed E-state index contributed by atoms with van der Waals surface area (Å²) in [6, 6.07) is 8.88. The number of rotatable bonds is 2. The molecule has 0 fully saturated rings. The number of halogens is 3. The molecule has 0 N–H and O–H groups in total. The summed E-state index contributed by atoms with van der Waals surface area (Å²) in [6.07, 6.45) is 0.547. The molecule has 3 rings (SSSR count). The molecule has 1 aromatic carbocycles. The summed E-state index contributed by atoms with van der Waals surface area (Å²) in [4.78, 5) is 0. The minimum Gasteiger partial charge on any atom is -0.196 e. The highest BCUT2D eigenvalue weighted by atomic mass is 35.5. The fourth-order valence-corrected chi connectivity index (χ4v) is 2.21. The van der Waals surface area contributed by atoms with Gasteiger partial charge in [-0.15, -0.1) is 10.2 Å². The van der Waals surface area contributed by atoms with Crippen LogP contribution in [0.4, 0.5) is 0 Å². The second-order valence-corrected chi connectivity index (χ2v) is 5.17. The number of benzene rings is 1. The summed E-state index contributed by atoms with van der Waals surface area (Å²) < 4.78 is 1.62. The molecule has 4 nitrogen and oxygen atoms in total. The summed E-state index contributed by atoms with van der Waals surface area (Å²) in [6.45, 7) is 0. The quantitative estimate of drug-likeness (QED) is 0.725. The Labute approximate surface area is 123 Å². The molecule has 0 aliphatic carbocycles. The molecule has 0 bridgehead atoms. The third kappa shape index (κ3) is 2.52. The van der Waals surface area contributed by atoms with Crippen molar-refractivity contribution >= 4 is 40.4 Å². The van der Waals surface area contributed by atoms with Gasteiger partial charge in [0.25, 0.3) is 0 Å². The lowest BCUT2D eigenvalue weighted by Gasteiger charge is -2.02. The third-order valence-corrected chi connectivity index (χ3v) is 3.58. The van der Waals surface area contributed by atoms with Crippen LogP contribution in [-0.2, 0) is 6.42 Å². The van der Waals surface area contributed by atoms with E-state index in [1.54, 1.807) is 28.8 Å². The van der Waals surface area contributed by atoms with Crippen LogP contribution in [-0.4, -0.2) is 19.8 Å². The zero-order valence-electron chi connectivity index (χ0n) is 9.52. The molecule has 0 aliphatic heterocycles. The van der Waals surface area contributed by atoms with Crippen LogP contribution in [0.1, 0.15) is 11.4 Å². The van der Waals surface area contributed by atoms with Crippen LogP contribution in [0, 0.1) is 0 Å². The molecular weight excluding hydrogens is 307 g/mol. The molecule has 0 unspecified atom stereocenters. The van der Waals surface area contributed by atoms with Gasteiger partial charge in [0.05, 0.1) is 10.0 Å². The van der Waals surface area contributed by atoms with Crippen LogP contribution >= 0.6 is 34.8 Å².